The normalized spacial score (nSPS) is 17.9. The average molecular weight is 280 g/mol. The lowest BCUT2D eigenvalue weighted by Crippen LogP contribution is -2.31. The topological polar surface area (TPSA) is 20.3 Å². The van der Waals surface area contributed by atoms with E-state index in [-0.39, 0.29) is 6.04 Å². The molecule has 0 bridgehead atoms. The second-order valence-corrected chi connectivity index (χ2v) is 6.03. The van der Waals surface area contributed by atoms with E-state index < -0.39 is 0 Å². The molecule has 0 aliphatic heterocycles. The van der Waals surface area contributed by atoms with E-state index in [2.05, 4.69) is 17.9 Å². The zero-order chi connectivity index (χ0) is 13.8. The van der Waals surface area contributed by atoms with E-state index in [9.17, 15) is 4.79 Å². The van der Waals surface area contributed by atoms with E-state index >= 15 is 0 Å². The second-order valence-electron chi connectivity index (χ2n) is 5.59. The highest BCUT2D eigenvalue weighted by molar-refractivity contribution is 6.30. The molecule has 3 heteroatoms. The van der Waals surface area contributed by atoms with Crippen LogP contribution < -0.4 is 0 Å². The van der Waals surface area contributed by atoms with Crippen molar-refractivity contribution in [2.45, 2.75) is 38.6 Å². The first-order chi connectivity index (χ1) is 9.08. The number of rotatable bonds is 5. The Morgan fingerprint density at radius 2 is 2.11 bits per heavy atom. The standard InChI is InChI=1S/C16H22ClNO/c1-12(14-8-5-9-15(17)10-14)18(2)11-16(19)13-6-3-4-7-13/h5,8-10,12-13H,3-4,6-7,11H2,1-2H3. The molecule has 1 aromatic rings. The summed E-state index contributed by atoms with van der Waals surface area (Å²) in [7, 11) is 2.01. The Morgan fingerprint density at radius 3 is 2.74 bits per heavy atom. The van der Waals surface area contributed by atoms with Gasteiger partial charge in [0.05, 0.1) is 6.54 Å². The number of hydrogen-bond donors (Lipinski definition) is 0. The van der Waals surface area contributed by atoms with Gasteiger partial charge in [0.15, 0.2) is 0 Å². The van der Waals surface area contributed by atoms with Crippen molar-refractivity contribution in [1.29, 1.82) is 0 Å². The van der Waals surface area contributed by atoms with Gasteiger partial charge in [0.1, 0.15) is 5.78 Å². The Hall–Kier alpha value is -0.860. The minimum absolute atomic E-state index is 0.212. The predicted molar refractivity (Wildman–Crippen MR) is 79.5 cm³/mol. The van der Waals surface area contributed by atoms with Crippen molar-refractivity contribution in [1.82, 2.24) is 4.90 Å². The highest BCUT2D eigenvalue weighted by atomic mass is 35.5. The van der Waals surface area contributed by atoms with Gasteiger partial charge < -0.3 is 0 Å². The van der Waals surface area contributed by atoms with Gasteiger partial charge in [0.25, 0.3) is 0 Å². The summed E-state index contributed by atoms with van der Waals surface area (Å²) < 4.78 is 0. The molecule has 0 radical (unpaired) electrons. The van der Waals surface area contributed by atoms with Crippen LogP contribution in [0, 0.1) is 5.92 Å². The van der Waals surface area contributed by atoms with Crippen LogP contribution in [0.15, 0.2) is 24.3 Å². The van der Waals surface area contributed by atoms with Gasteiger partial charge in [-0.05, 0) is 44.5 Å². The van der Waals surface area contributed by atoms with E-state index in [4.69, 9.17) is 11.6 Å². The third-order valence-electron chi connectivity index (χ3n) is 4.21. The number of carbonyl (C=O) groups excluding carboxylic acids is 1. The molecule has 1 aliphatic rings. The quantitative estimate of drug-likeness (QED) is 0.809. The minimum atomic E-state index is 0.212. The number of likely N-dealkylation sites (N-methyl/N-ethyl adjacent to an activating group) is 1. The zero-order valence-electron chi connectivity index (χ0n) is 11.7. The number of hydrogen-bond acceptors (Lipinski definition) is 2. The summed E-state index contributed by atoms with van der Waals surface area (Å²) >= 11 is 6.02. The summed E-state index contributed by atoms with van der Waals surface area (Å²) in [4.78, 5) is 14.3. The highest BCUT2D eigenvalue weighted by Gasteiger charge is 2.24. The lowest BCUT2D eigenvalue weighted by molar-refractivity contribution is -0.124. The van der Waals surface area contributed by atoms with E-state index in [1.807, 2.05) is 25.2 Å². The molecule has 0 saturated heterocycles. The zero-order valence-corrected chi connectivity index (χ0v) is 12.5. The Balaban J connectivity index is 1.95. The molecule has 0 heterocycles. The van der Waals surface area contributed by atoms with Crippen molar-refractivity contribution in [3.63, 3.8) is 0 Å². The van der Waals surface area contributed by atoms with Crippen LogP contribution in [0.5, 0.6) is 0 Å². The van der Waals surface area contributed by atoms with Gasteiger partial charge in [-0.25, -0.2) is 0 Å². The third-order valence-corrected chi connectivity index (χ3v) is 4.44. The second kappa shape index (κ2) is 6.53. The molecule has 0 aromatic heterocycles. The van der Waals surface area contributed by atoms with Gasteiger partial charge in [-0.3, -0.25) is 9.69 Å². The maximum absolute atomic E-state index is 12.2. The van der Waals surface area contributed by atoms with Crippen LogP contribution in [0.2, 0.25) is 5.02 Å². The molecular formula is C16H22ClNO. The molecule has 1 fully saturated rings. The number of nitrogens with zero attached hydrogens (tertiary/aromatic N) is 1. The fourth-order valence-electron chi connectivity index (χ4n) is 2.78. The van der Waals surface area contributed by atoms with Crippen LogP contribution in [-0.2, 0) is 4.79 Å². The molecule has 19 heavy (non-hydrogen) atoms. The first-order valence-corrected chi connectivity index (χ1v) is 7.44. The van der Waals surface area contributed by atoms with Crippen molar-refractivity contribution in [3.05, 3.63) is 34.9 Å². The van der Waals surface area contributed by atoms with Crippen LogP contribution in [0.3, 0.4) is 0 Å². The molecule has 1 aromatic carbocycles. The summed E-state index contributed by atoms with van der Waals surface area (Å²) in [6.07, 6.45) is 4.59. The van der Waals surface area contributed by atoms with Crippen LogP contribution in [0.4, 0.5) is 0 Å². The summed E-state index contributed by atoms with van der Waals surface area (Å²) in [5, 5.41) is 0.750. The Kier molecular flexibility index (Phi) is 5.00. The molecular weight excluding hydrogens is 258 g/mol. The lowest BCUT2D eigenvalue weighted by atomic mass is 10.0. The molecule has 0 spiro atoms. The number of benzene rings is 1. The molecule has 1 aliphatic carbocycles. The third kappa shape index (κ3) is 3.80. The van der Waals surface area contributed by atoms with Crippen molar-refractivity contribution in [2.75, 3.05) is 13.6 Å². The molecule has 104 valence electrons. The fraction of sp³-hybridized carbons (Fsp3) is 0.562. The maximum Gasteiger partial charge on any atom is 0.149 e. The summed E-state index contributed by atoms with van der Waals surface area (Å²) in [6.45, 7) is 2.66. The summed E-state index contributed by atoms with van der Waals surface area (Å²) in [5.41, 5.74) is 1.16. The van der Waals surface area contributed by atoms with Gasteiger partial charge in [0, 0.05) is 17.0 Å². The molecule has 1 atom stereocenters. The average Bonchev–Trinajstić information content (AvgIpc) is 2.91. The van der Waals surface area contributed by atoms with Crippen molar-refractivity contribution < 1.29 is 4.79 Å². The number of Topliss-reactive ketones (excluding diaryl/α,β-unsaturated/α-hetero) is 1. The monoisotopic (exact) mass is 279 g/mol. The smallest absolute Gasteiger partial charge is 0.149 e. The maximum atomic E-state index is 12.2. The first kappa shape index (κ1) is 14.5. The molecule has 1 saturated carbocycles. The van der Waals surface area contributed by atoms with Crippen molar-refractivity contribution in [3.8, 4) is 0 Å². The number of ketones is 1. The largest absolute Gasteiger partial charge is 0.298 e. The van der Waals surface area contributed by atoms with Gasteiger partial charge in [-0.2, -0.15) is 0 Å². The van der Waals surface area contributed by atoms with E-state index in [1.54, 1.807) is 0 Å². The molecule has 0 N–H and O–H groups in total. The summed E-state index contributed by atoms with van der Waals surface area (Å²) in [5.74, 6) is 0.697. The van der Waals surface area contributed by atoms with Crippen molar-refractivity contribution >= 4 is 17.4 Å². The summed E-state index contributed by atoms with van der Waals surface area (Å²) in [6, 6.07) is 8.09. The SMILES string of the molecule is CC(c1cccc(Cl)c1)N(C)CC(=O)C1CCCC1. The number of carbonyl (C=O) groups is 1. The van der Waals surface area contributed by atoms with Gasteiger partial charge >= 0.3 is 0 Å². The first-order valence-electron chi connectivity index (χ1n) is 7.06. The van der Waals surface area contributed by atoms with Crippen LogP contribution in [-0.4, -0.2) is 24.3 Å². The molecule has 1 unspecified atom stereocenters. The Morgan fingerprint density at radius 1 is 1.42 bits per heavy atom. The van der Waals surface area contributed by atoms with Crippen LogP contribution in [0.1, 0.15) is 44.2 Å². The van der Waals surface area contributed by atoms with Crippen LogP contribution >= 0.6 is 11.6 Å². The Bertz CT molecular complexity index is 440. The lowest BCUT2D eigenvalue weighted by Gasteiger charge is -2.25. The molecule has 2 rings (SSSR count). The predicted octanol–water partition coefficient (Wildman–Crippen LogP) is 4.09. The fourth-order valence-corrected chi connectivity index (χ4v) is 2.98. The highest BCUT2D eigenvalue weighted by Crippen LogP contribution is 2.27. The van der Waals surface area contributed by atoms with E-state index in [0.29, 0.717) is 18.2 Å². The molecule has 2 nitrogen and oxygen atoms in total. The van der Waals surface area contributed by atoms with Gasteiger partial charge in [-0.15, -0.1) is 0 Å². The number of halogens is 1. The van der Waals surface area contributed by atoms with Crippen LogP contribution in [0.25, 0.3) is 0 Å². The van der Waals surface area contributed by atoms with Gasteiger partial charge in [-0.1, -0.05) is 36.6 Å². The van der Waals surface area contributed by atoms with Crippen molar-refractivity contribution in [2.24, 2.45) is 5.92 Å². The van der Waals surface area contributed by atoms with E-state index in [0.717, 1.165) is 23.4 Å². The Labute approximate surface area is 120 Å². The van der Waals surface area contributed by atoms with E-state index in [1.165, 1.54) is 12.8 Å². The minimum Gasteiger partial charge on any atom is -0.298 e. The van der Waals surface area contributed by atoms with Gasteiger partial charge in [0.2, 0.25) is 0 Å². The molecule has 0 amide bonds.